The maximum atomic E-state index is 13.8. The molecule has 0 atom stereocenters. The van der Waals surface area contributed by atoms with Gasteiger partial charge < -0.3 is 14.4 Å². The van der Waals surface area contributed by atoms with E-state index in [0.29, 0.717) is 43.1 Å². The van der Waals surface area contributed by atoms with Gasteiger partial charge in [-0.05, 0) is 55.4 Å². The van der Waals surface area contributed by atoms with Crippen molar-refractivity contribution in [3.63, 3.8) is 0 Å². The predicted octanol–water partition coefficient (Wildman–Crippen LogP) is 4.48. The lowest BCUT2D eigenvalue weighted by Crippen LogP contribution is -2.40. The molecule has 0 spiro atoms. The zero-order valence-electron chi connectivity index (χ0n) is 22.7. The summed E-state index contributed by atoms with van der Waals surface area (Å²) in [6.07, 6.45) is 6.66. The number of aliphatic hydroxyl groups excluding tert-OH is 1. The molecule has 0 unspecified atom stereocenters. The van der Waals surface area contributed by atoms with E-state index in [4.69, 9.17) is 14.8 Å². The summed E-state index contributed by atoms with van der Waals surface area (Å²) in [5.41, 5.74) is 2.80. The number of rotatable bonds is 12. The first-order valence-electron chi connectivity index (χ1n) is 14.2. The van der Waals surface area contributed by atoms with Gasteiger partial charge >= 0.3 is 5.69 Å². The number of hydrogen-bond donors (Lipinski definition) is 1. The number of aryl methyl sites for hydroxylation is 2. The Morgan fingerprint density at radius 1 is 0.923 bits per heavy atom. The van der Waals surface area contributed by atoms with Crippen LogP contribution >= 0.6 is 0 Å². The summed E-state index contributed by atoms with van der Waals surface area (Å²) < 4.78 is 10.7. The molecule has 39 heavy (non-hydrogen) atoms. The molecule has 206 valence electrons. The van der Waals surface area contributed by atoms with Crippen LogP contribution in [0, 0.1) is 0 Å². The molecule has 1 aliphatic rings. The number of aliphatic hydroxyl groups is 1. The van der Waals surface area contributed by atoms with Crippen LogP contribution in [0.2, 0.25) is 0 Å². The number of hydrogen-bond acceptors (Lipinski definition) is 5. The molecule has 2 heterocycles. The van der Waals surface area contributed by atoms with Gasteiger partial charge in [-0.2, -0.15) is 0 Å². The number of imidazole rings is 1. The smallest absolute Gasteiger partial charge is 0.332 e. The molecule has 8 heteroatoms. The van der Waals surface area contributed by atoms with Crippen LogP contribution in [0.4, 0.5) is 0 Å². The Balaban J connectivity index is 1.52. The van der Waals surface area contributed by atoms with Gasteiger partial charge in [0.2, 0.25) is 0 Å². The first-order valence-corrected chi connectivity index (χ1v) is 14.2. The number of benzene rings is 2. The first-order chi connectivity index (χ1) is 19.1. The summed E-state index contributed by atoms with van der Waals surface area (Å²) in [6.45, 7) is 3.67. The van der Waals surface area contributed by atoms with E-state index in [2.05, 4.69) is 16.7 Å². The molecule has 0 amide bonds. The van der Waals surface area contributed by atoms with E-state index < -0.39 is 0 Å². The average molecular weight is 531 g/mol. The van der Waals surface area contributed by atoms with Crippen molar-refractivity contribution < 1.29 is 9.84 Å². The Kier molecular flexibility index (Phi) is 8.61. The second-order valence-corrected chi connectivity index (χ2v) is 10.4. The van der Waals surface area contributed by atoms with Gasteiger partial charge in [0.05, 0.1) is 6.61 Å². The average Bonchev–Trinajstić information content (AvgIpc) is 3.62. The van der Waals surface area contributed by atoms with E-state index in [1.165, 1.54) is 4.57 Å². The molecule has 5 rings (SSSR count). The molecular weight excluding hydrogens is 492 g/mol. The molecule has 1 fully saturated rings. The van der Waals surface area contributed by atoms with E-state index in [9.17, 15) is 9.59 Å². The lowest BCUT2D eigenvalue weighted by molar-refractivity contribution is 0.201. The minimum atomic E-state index is -0.274. The molecule has 1 N–H and O–H groups in total. The van der Waals surface area contributed by atoms with Crippen LogP contribution in [-0.2, 0) is 26.1 Å². The maximum Gasteiger partial charge on any atom is 0.332 e. The molecule has 4 aromatic rings. The van der Waals surface area contributed by atoms with E-state index in [0.717, 1.165) is 61.2 Å². The molecule has 0 bridgehead atoms. The highest BCUT2D eigenvalue weighted by molar-refractivity contribution is 5.71. The SMILES string of the molecule is CCCn1c(=O)c2c(nc(C3CCCC3)n2Cc2ccccc2)n(CCCc2ccc(OCCO)cc2)c1=O. The monoisotopic (exact) mass is 530 g/mol. The van der Waals surface area contributed by atoms with E-state index in [1.807, 2.05) is 49.4 Å². The van der Waals surface area contributed by atoms with Crippen molar-refractivity contribution in [3.8, 4) is 5.75 Å². The van der Waals surface area contributed by atoms with Crippen LogP contribution in [0.15, 0.2) is 64.2 Å². The molecule has 2 aromatic heterocycles. The van der Waals surface area contributed by atoms with Crippen molar-refractivity contribution in [2.45, 2.75) is 77.4 Å². The zero-order valence-corrected chi connectivity index (χ0v) is 22.7. The van der Waals surface area contributed by atoms with Crippen LogP contribution in [0.25, 0.3) is 11.2 Å². The molecular formula is C31H38N4O4. The van der Waals surface area contributed by atoms with Crippen LogP contribution in [-0.4, -0.2) is 37.0 Å². The Bertz CT molecular complexity index is 1500. The van der Waals surface area contributed by atoms with Gasteiger partial charge in [0, 0.05) is 25.6 Å². The van der Waals surface area contributed by atoms with E-state index >= 15 is 0 Å². The van der Waals surface area contributed by atoms with E-state index in [-0.39, 0.29) is 24.5 Å². The second kappa shape index (κ2) is 12.5. The summed E-state index contributed by atoms with van der Waals surface area (Å²) in [5, 5.41) is 8.95. The highest BCUT2D eigenvalue weighted by Gasteiger charge is 2.27. The third-order valence-electron chi connectivity index (χ3n) is 7.63. The largest absolute Gasteiger partial charge is 0.491 e. The van der Waals surface area contributed by atoms with E-state index in [1.54, 1.807) is 4.57 Å². The van der Waals surface area contributed by atoms with Crippen LogP contribution in [0.5, 0.6) is 5.75 Å². The van der Waals surface area contributed by atoms with Crippen molar-refractivity contribution in [2.24, 2.45) is 0 Å². The summed E-state index contributed by atoms with van der Waals surface area (Å²) in [6, 6.07) is 18.0. The topological polar surface area (TPSA) is 91.3 Å². The quantitative estimate of drug-likeness (QED) is 0.292. The summed E-state index contributed by atoms with van der Waals surface area (Å²) in [5.74, 6) is 1.96. The standard InChI is InChI=1S/C31H38N4O4/c1-2-18-34-30(37)27-29(32-28(25-12-6-7-13-25)35(27)22-24-9-4-3-5-10-24)33(31(34)38)19-8-11-23-14-16-26(17-15-23)39-21-20-36/h3-5,9-10,14-17,25,36H,2,6-8,11-13,18-22H2,1H3. The molecule has 8 nitrogen and oxygen atoms in total. The van der Waals surface area contributed by atoms with Gasteiger partial charge in [0.25, 0.3) is 5.56 Å². The fourth-order valence-corrected chi connectivity index (χ4v) is 5.71. The second-order valence-electron chi connectivity index (χ2n) is 10.4. The number of fused-ring (bicyclic) bond motifs is 1. The number of aromatic nitrogens is 4. The van der Waals surface area contributed by atoms with Crippen LogP contribution < -0.4 is 16.0 Å². The summed E-state index contributed by atoms with van der Waals surface area (Å²) >= 11 is 0. The van der Waals surface area contributed by atoms with Crippen LogP contribution in [0.1, 0.15) is 68.3 Å². The number of nitrogens with zero attached hydrogens (tertiary/aromatic N) is 4. The Labute approximate surface area is 228 Å². The minimum absolute atomic E-state index is 0.0191. The molecule has 1 aliphatic carbocycles. The van der Waals surface area contributed by atoms with Crippen molar-refractivity contribution in [1.82, 2.24) is 18.7 Å². The highest BCUT2D eigenvalue weighted by atomic mass is 16.5. The van der Waals surface area contributed by atoms with Gasteiger partial charge in [-0.15, -0.1) is 0 Å². The lowest BCUT2D eigenvalue weighted by atomic mass is 10.1. The lowest BCUT2D eigenvalue weighted by Gasteiger charge is -2.14. The Morgan fingerprint density at radius 3 is 2.36 bits per heavy atom. The van der Waals surface area contributed by atoms with Crippen molar-refractivity contribution in [1.29, 1.82) is 0 Å². The van der Waals surface area contributed by atoms with Crippen molar-refractivity contribution in [2.75, 3.05) is 13.2 Å². The predicted molar refractivity (Wildman–Crippen MR) is 153 cm³/mol. The maximum absolute atomic E-state index is 13.8. The normalized spacial score (nSPS) is 13.9. The highest BCUT2D eigenvalue weighted by Crippen LogP contribution is 2.35. The van der Waals surface area contributed by atoms with Gasteiger partial charge in [-0.1, -0.05) is 62.2 Å². The van der Waals surface area contributed by atoms with Crippen LogP contribution in [0.3, 0.4) is 0 Å². The first kappa shape index (κ1) is 26.9. The molecule has 0 radical (unpaired) electrons. The summed E-state index contributed by atoms with van der Waals surface area (Å²) in [7, 11) is 0. The zero-order chi connectivity index (χ0) is 27.2. The minimum Gasteiger partial charge on any atom is -0.491 e. The van der Waals surface area contributed by atoms with Gasteiger partial charge in [-0.25, -0.2) is 9.78 Å². The molecule has 2 aromatic carbocycles. The fraction of sp³-hybridized carbons (Fsp3) is 0.452. The molecule has 0 saturated heterocycles. The fourth-order valence-electron chi connectivity index (χ4n) is 5.71. The Morgan fingerprint density at radius 2 is 1.67 bits per heavy atom. The van der Waals surface area contributed by atoms with Crippen molar-refractivity contribution in [3.05, 3.63) is 92.4 Å². The summed E-state index contributed by atoms with van der Waals surface area (Å²) in [4.78, 5) is 32.5. The number of ether oxygens (including phenoxy) is 1. The van der Waals surface area contributed by atoms with Crippen molar-refractivity contribution >= 4 is 11.2 Å². The third-order valence-corrected chi connectivity index (χ3v) is 7.63. The molecule has 0 aliphatic heterocycles. The van der Waals surface area contributed by atoms with Gasteiger partial charge in [-0.3, -0.25) is 13.9 Å². The Hall–Kier alpha value is -3.65. The van der Waals surface area contributed by atoms with Gasteiger partial charge in [0.15, 0.2) is 11.2 Å². The molecule has 1 saturated carbocycles. The third kappa shape index (κ3) is 5.86. The van der Waals surface area contributed by atoms with Gasteiger partial charge in [0.1, 0.15) is 18.2 Å².